The zero-order valence-corrected chi connectivity index (χ0v) is 17.7. The van der Waals surface area contributed by atoms with E-state index in [2.05, 4.69) is 10.5 Å². The fraction of sp³-hybridized carbons (Fsp3) is 0.238. The van der Waals surface area contributed by atoms with Crippen molar-refractivity contribution in [1.82, 2.24) is 5.16 Å². The number of amides is 1. The Morgan fingerprint density at radius 3 is 2.43 bits per heavy atom. The lowest BCUT2D eigenvalue weighted by atomic mass is 10.1. The summed E-state index contributed by atoms with van der Waals surface area (Å²) in [7, 11) is 1.25. The summed E-state index contributed by atoms with van der Waals surface area (Å²) in [6, 6.07) is 9.12. The maximum absolute atomic E-state index is 13.1. The Morgan fingerprint density at radius 1 is 1.10 bits per heavy atom. The van der Waals surface area contributed by atoms with Crippen LogP contribution in [0.15, 0.2) is 34.9 Å². The molecule has 0 aliphatic rings. The molecule has 3 rings (SSSR count). The Hall–Kier alpha value is -3.46. The number of anilines is 1. The number of nitrogens with zero attached hydrogens (tertiary/aromatic N) is 1. The highest BCUT2D eigenvalue weighted by Crippen LogP contribution is 2.35. The summed E-state index contributed by atoms with van der Waals surface area (Å²) in [6.07, 6.45) is 0. The fourth-order valence-electron chi connectivity index (χ4n) is 2.94. The molecule has 2 heterocycles. The summed E-state index contributed by atoms with van der Waals surface area (Å²) in [5, 5.41) is 6.91. The topological polar surface area (TPSA) is 108 Å². The second kappa shape index (κ2) is 8.91. The number of carbonyl (C=O) groups excluding carboxylic acids is 3. The lowest BCUT2D eigenvalue weighted by molar-refractivity contribution is 0.0527. The van der Waals surface area contributed by atoms with Crippen LogP contribution in [-0.4, -0.2) is 36.7 Å². The number of aromatic nitrogens is 1. The normalized spacial score (nSPS) is 10.5. The van der Waals surface area contributed by atoms with Gasteiger partial charge in [0.15, 0.2) is 0 Å². The summed E-state index contributed by atoms with van der Waals surface area (Å²) in [6.45, 7) is 5.05. The Bertz CT molecular complexity index is 1100. The summed E-state index contributed by atoms with van der Waals surface area (Å²) in [5.41, 5.74) is 1.83. The minimum atomic E-state index is -0.637. The van der Waals surface area contributed by atoms with E-state index >= 15 is 0 Å². The third-order valence-corrected chi connectivity index (χ3v) is 5.55. The average molecular weight is 428 g/mol. The predicted octanol–water partition coefficient (Wildman–Crippen LogP) is 4.24. The Kier molecular flexibility index (Phi) is 6.31. The quantitative estimate of drug-likeness (QED) is 0.585. The van der Waals surface area contributed by atoms with Gasteiger partial charge in [0, 0.05) is 5.56 Å². The summed E-state index contributed by atoms with van der Waals surface area (Å²) in [5.74, 6) is -1.43. The van der Waals surface area contributed by atoms with E-state index in [1.807, 2.05) is 30.3 Å². The standard InChI is InChI=1S/C21H20N2O6S/c1-5-28-20(25)14-11(2)17(21(26)27-4)30-19(14)22-18(24)15-12(3)29-23-16(15)13-9-7-6-8-10-13/h6-10H,5H2,1-4H3,(H,22,24). The highest BCUT2D eigenvalue weighted by atomic mass is 32.1. The van der Waals surface area contributed by atoms with Crippen LogP contribution in [0.5, 0.6) is 0 Å². The van der Waals surface area contributed by atoms with Crippen molar-refractivity contribution in [3.8, 4) is 11.3 Å². The van der Waals surface area contributed by atoms with E-state index in [4.69, 9.17) is 14.0 Å². The van der Waals surface area contributed by atoms with Gasteiger partial charge in [-0.3, -0.25) is 4.79 Å². The number of rotatable bonds is 6. The van der Waals surface area contributed by atoms with Gasteiger partial charge in [-0.15, -0.1) is 11.3 Å². The second-order valence-corrected chi connectivity index (χ2v) is 7.28. The van der Waals surface area contributed by atoms with Crippen molar-refractivity contribution < 1.29 is 28.4 Å². The number of methoxy groups -OCH3 is 1. The molecule has 0 radical (unpaired) electrons. The number of benzene rings is 1. The third-order valence-electron chi connectivity index (χ3n) is 4.36. The van der Waals surface area contributed by atoms with Crippen LogP contribution in [0.3, 0.4) is 0 Å². The first kappa shape index (κ1) is 21.3. The van der Waals surface area contributed by atoms with Crippen LogP contribution in [-0.2, 0) is 9.47 Å². The van der Waals surface area contributed by atoms with Crippen LogP contribution in [0, 0.1) is 13.8 Å². The molecular formula is C21H20N2O6S. The van der Waals surface area contributed by atoms with Crippen molar-refractivity contribution in [3.05, 3.63) is 57.7 Å². The molecule has 0 spiro atoms. The third kappa shape index (κ3) is 3.97. The molecule has 1 amide bonds. The van der Waals surface area contributed by atoms with Crippen LogP contribution in [0.2, 0.25) is 0 Å². The van der Waals surface area contributed by atoms with Gasteiger partial charge in [0.2, 0.25) is 0 Å². The van der Waals surface area contributed by atoms with Crippen LogP contribution in [0.25, 0.3) is 11.3 Å². The van der Waals surface area contributed by atoms with E-state index in [1.54, 1.807) is 20.8 Å². The molecule has 0 saturated heterocycles. The number of ether oxygens (including phenoxy) is 2. The molecule has 1 N–H and O–H groups in total. The van der Waals surface area contributed by atoms with Gasteiger partial charge in [-0.05, 0) is 26.3 Å². The zero-order chi connectivity index (χ0) is 21.8. The summed E-state index contributed by atoms with van der Waals surface area (Å²) >= 11 is 0.948. The minimum Gasteiger partial charge on any atom is -0.465 e. The smallest absolute Gasteiger partial charge is 0.348 e. The molecular weight excluding hydrogens is 408 g/mol. The van der Waals surface area contributed by atoms with Gasteiger partial charge in [-0.25, -0.2) is 9.59 Å². The van der Waals surface area contributed by atoms with E-state index in [9.17, 15) is 14.4 Å². The van der Waals surface area contributed by atoms with Crippen LogP contribution in [0.1, 0.15) is 48.6 Å². The number of esters is 2. The van der Waals surface area contributed by atoms with Crippen molar-refractivity contribution in [1.29, 1.82) is 0 Å². The number of hydrogen-bond acceptors (Lipinski definition) is 8. The Morgan fingerprint density at radius 2 is 1.80 bits per heavy atom. The molecule has 0 bridgehead atoms. The first-order chi connectivity index (χ1) is 14.4. The molecule has 8 nitrogen and oxygen atoms in total. The minimum absolute atomic E-state index is 0.117. The SMILES string of the molecule is CCOC(=O)c1c(NC(=O)c2c(-c3ccccc3)noc2C)sc(C(=O)OC)c1C. The average Bonchev–Trinajstić information content (AvgIpc) is 3.28. The molecule has 30 heavy (non-hydrogen) atoms. The van der Waals surface area contributed by atoms with Crippen molar-refractivity contribution in [2.75, 3.05) is 19.0 Å². The maximum atomic E-state index is 13.1. The van der Waals surface area contributed by atoms with Gasteiger partial charge in [0.25, 0.3) is 5.91 Å². The predicted molar refractivity (Wildman–Crippen MR) is 111 cm³/mol. The molecule has 0 unspecified atom stereocenters. The van der Waals surface area contributed by atoms with E-state index in [0.717, 1.165) is 11.3 Å². The Labute approximate surface area is 176 Å². The highest BCUT2D eigenvalue weighted by molar-refractivity contribution is 7.18. The number of carbonyl (C=O) groups is 3. The van der Waals surface area contributed by atoms with E-state index in [0.29, 0.717) is 22.6 Å². The van der Waals surface area contributed by atoms with Crippen LogP contribution in [0.4, 0.5) is 5.00 Å². The molecule has 3 aromatic rings. The van der Waals surface area contributed by atoms with Crippen molar-refractivity contribution in [2.45, 2.75) is 20.8 Å². The molecule has 1 aromatic carbocycles. The summed E-state index contributed by atoms with van der Waals surface area (Å²) < 4.78 is 15.1. The van der Waals surface area contributed by atoms with Crippen LogP contribution >= 0.6 is 11.3 Å². The lowest BCUT2D eigenvalue weighted by Gasteiger charge is -2.07. The van der Waals surface area contributed by atoms with E-state index in [1.165, 1.54) is 7.11 Å². The summed E-state index contributed by atoms with van der Waals surface area (Å²) in [4.78, 5) is 37.9. The van der Waals surface area contributed by atoms with Gasteiger partial charge in [-0.2, -0.15) is 0 Å². The molecule has 2 aromatic heterocycles. The maximum Gasteiger partial charge on any atom is 0.348 e. The number of aryl methyl sites for hydroxylation is 1. The number of thiophene rings is 1. The molecule has 0 atom stereocenters. The monoisotopic (exact) mass is 428 g/mol. The van der Waals surface area contributed by atoms with Gasteiger partial charge in [0.05, 0.1) is 19.3 Å². The van der Waals surface area contributed by atoms with Gasteiger partial charge < -0.3 is 19.3 Å². The first-order valence-corrected chi connectivity index (χ1v) is 9.92. The van der Waals surface area contributed by atoms with Crippen molar-refractivity contribution in [3.63, 3.8) is 0 Å². The Balaban J connectivity index is 2.03. The van der Waals surface area contributed by atoms with Crippen molar-refractivity contribution in [2.24, 2.45) is 0 Å². The first-order valence-electron chi connectivity index (χ1n) is 9.10. The van der Waals surface area contributed by atoms with Crippen LogP contribution < -0.4 is 5.32 Å². The van der Waals surface area contributed by atoms with E-state index < -0.39 is 17.8 Å². The number of nitrogens with one attached hydrogen (secondary N) is 1. The second-order valence-electron chi connectivity index (χ2n) is 6.25. The van der Waals surface area contributed by atoms with Crippen molar-refractivity contribution >= 4 is 34.2 Å². The zero-order valence-electron chi connectivity index (χ0n) is 16.9. The molecule has 0 saturated carbocycles. The van der Waals surface area contributed by atoms with Gasteiger partial charge >= 0.3 is 11.9 Å². The molecule has 156 valence electrons. The molecule has 0 fully saturated rings. The van der Waals surface area contributed by atoms with E-state index in [-0.39, 0.29) is 27.6 Å². The molecule has 0 aliphatic carbocycles. The molecule has 0 aliphatic heterocycles. The lowest BCUT2D eigenvalue weighted by Crippen LogP contribution is -2.16. The highest BCUT2D eigenvalue weighted by Gasteiger charge is 2.29. The molecule has 9 heteroatoms. The fourth-order valence-corrected chi connectivity index (χ4v) is 4.04. The van der Waals surface area contributed by atoms with Gasteiger partial charge in [-0.1, -0.05) is 35.5 Å². The van der Waals surface area contributed by atoms with Gasteiger partial charge in [0.1, 0.15) is 26.9 Å². The largest absolute Gasteiger partial charge is 0.465 e. The number of hydrogen-bond donors (Lipinski definition) is 1.